The van der Waals surface area contributed by atoms with Gasteiger partial charge in [0.15, 0.2) is 0 Å². The Balaban J connectivity index is 1.57. The number of benzene rings is 2. The Hall–Kier alpha value is -3.62. The number of aromatic amines is 1. The fourth-order valence-electron chi connectivity index (χ4n) is 4.85. The number of alkyl halides is 3. The maximum absolute atomic E-state index is 13.2. The van der Waals surface area contributed by atoms with Crippen molar-refractivity contribution in [2.24, 2.45) is 0 Å². The largest absolute Gasteiger partial charge is 0.506 e. The Bertz CT molecular complexity index is 1440. The third-order valence-corrected chi connectivity index (χ3v) is 8.39. The van der Waals surface area contributed by atoms with Crippen LogP contribution in [0.25, 0.3) is 10.2 Å². The monoisotopic (exact) mass is 640 g/mol. The van der Waals surface area contributed by atoms with E-state index in [4.69, 9.17) is 4.74 Å². The molecule has 242 valence electrons. The zero-order valence-corrected chi connectivity index (χ0v) is 25.7. The molecule has 0 radical (unpaired) electrons. The molecule has 0 spiro atoms. The smallest absolute Gasteiger partial charge is 0.416 e. The first-order valence-corrected chi connectivity index (χ1v) is 15.3. The maximum atomic E-state index is 13.2. The molecule has 0 atom stereocenters. The van der Waals surface area contributed by atoms with Crippen molar-refractivity contribution in [1.82, 2.24) is 19.7 Å². The molecule has 0 saturated heterocycles. The maximum Gasteiger partial charge on any atom is 0.416 e. The molecular formula is C30H39F3N4O6S. The van der Waals surface area contributed by atoms with Crippen molar-refractivity contribution in [1.29, 1.82) is 0 Å². The van der Waals surface area contributed by atoms with Gasteiger partial charge in [-0.2, -0.15) is 13.2 Å². The van der Waals surface area contributed by atoms with E-state index in [2.05, 4.69) is 9.88 Å². The number of H-pyrrole nitrogens is 1. The molecule has 0 aliphatic carbocycles. The lowest BCUT2D eigenvalue weighted by Crippen LogP contribution is -2.44. The van der Waals surface area contributed by atoms with E-state index in [0.717, 1.165) is 36.1 Å². The molecule has 3 rings (SSSR count). The van der Waals surface area contributed by atoms with E-state index in [-0.39, 0.29) is 67.8 Å². The molecule has 14 heteroatoms. The average molecular weight is 641 g/mol. The van der Waals surface area contributed by atoms with E-state index in [1.165, 1.54) is 29.2 Å². The predicted molar refractivity (Wildman–Crippen MR) is 162 cm³/mol. The average Bonchev–Trinajstić information content (AvgIpc) is 3.39. The number of carbonyl (C=O) groups excluding carboxylic acids is 1. The molecule has 44 heavy (non-hydrogen) atoms. The highest BCUT2D eigenvalue weighted by Crippen LogP contribution is 2.32. The second-order valence-corrected chi connectivity index (χ2v) is 11.1. The van der Waals surface area contributed by atoms with Crippen LogP contribution in [0.1, 0.15) is 37.0 Å². The van der Waals surface area contributed by atoms with E-state index in [1.807, 2.05) is 13.8 Å². The lowest BCUT2D eigenvalue weighted by atomic mass is 10.0. The van der Waals surface area contributed by atoms with Crippen molar-refractivity contribution in [2.75, 3.05) is 59.0 Å². The topological polar surface area (TPSA) is 126 Å². The molecule has 1 heterocycles. The van der Waals surface area contributed by atoms with Crippen LogP contribution in [0.15, 0.2) is 41.2 Å². The Kier molecular flexibility index (Phi) is 13.0. The van der Waals surface area contributed by atoms with Gasteiger partial charge in [-0.3, -0.25) is 9.59 Å². The van der Waals surface area contributed by atoms with Crippen LogP contribution in [-0.2, 0) is 28.5 Å². The number of hydrogen-bond donors (Lipinski definition) is 3. The number of thiazole rings is 1. The quantitative estimate of drug-likeness (QED) is 0.183. The molecule has 0 bridgehead atoms. The zero-order valence-electron chi connectivity index (χ0n) is 24.9. The van der Waals surface area contributed by atoms with Gasteiger partial charge in [0.05, 0.1) is 29.9 Å². The van der Waals surface area contributed by atoms with Gasteiger partial charge in [-0.25, -0.2) is 4.79 Å². The van der Waals surface area contributed by atoms with Gasteiger partial charge in [0.2, 0.25) is 5.91 Å². The minimum atomic E-state index is -4.46. The number of hydrogen-bond acceptors (Lipinski definition) is 7. The molecule has 3 aromatic rings. The molecule has 10 nitrogen and oxygen atoms in total. The number of aromatic hydroxyl groups is 1. The van der Waals surface area contributed by atoms with Gasteiger partial charge in [0.25, 0.3) is 0 Å². The van der Waals surface area contributed by atoms with E-state index in [1.54, 1.807) is 11.0 Å². The third-order valence-electron chi connectivity index (χ3n) is 7.43. The number of nitrogens with zero attached hydrogens (tertiary/aromatic N) is 3. The molecule has 0 saturated carbocycles. The Morgan fingerprint density at radius 2 is 1.59 bits per heavy atom. The Morgan fingerprint density at radius 1 is 0.909 bits per heavy atom. The first kappa shape index (κ1) is 34.9. The fourth-order valence-corrected chi connectivity index (χ4v) is 5.75. The molecule has 3 N–H and O–H groups in total. The number of amides is 2. The number of halogens is 3. The van der Waals surface area contributed by atoms with Crippen molar-refractivity contribution in [3.63, 3.8) is 0 Å². The van der Waals surface area contributed by atoms with E-state index < -0.39 is 17.8 Å². The van der Waals surface area contributed by atoms with Crippen LogP contribution >= 0.6 is 11.3 Å². The number of carboxylic acid groups (broad SMARTS) is 1. The van der Waals surface area contributed by atoms with Crippen LogP contribution in [0, 0.1) is 0 Å². The van der Waals surface area contributed by atoms with Gasteiger partial charge in [-0.05, 0) is 49.2 Å². The summed E-state index contributed by atoms with van der Waals surface area (Å²) in [6, 6.07) is 8.42. The number of aromatic nitrogens is 1. The molecule has 1 aromatic heterocycles. The van der Waals surface area contributed by atoms with Gasteiger partial charge in [-0.1, -0.05) is 49.4 Å². The van der Waals surface area contributed by atoms with Crippen LogP contribution in [0.2, 0.25) is 0 Å². The summed E-state index contributed by atoms with van der Waals surface area (Å²) >= 11 is 0.944. The van der Waals surface area contributed by atoms with Crippen LogP contribution < -0.4 is 4.87 Å². The summed E-state index contributed by atoms with van der Waals surface area (Å²) in [6.07, 6.45) is -5.25. The number of nitrogens with one attached hydrogen (secondary N) is 1. The van der Waals surface area contributed by atoms with Gasteiger partial charge >= 0.3 is 17.1 Å². The molecular weight excluding hydrogens is 601 g/mol. The zero-order chi connectivity index (χ0) is 32.3. The second kappa shape index (κ2) is 16.5. The number of ether oxygens (including phenoxy) is 1. The highest BCUT2D eigenvalue weighted by Gasteiger charge is 2.32. The number of phenols is 1. The van der Waals surface area contributed by atoms with Crippen molar-refractivity contribution < 1.29 is 37.7 Å². The van der Waals surface area contributed by atoms with Gasteiger partial charge in [-0.15, -0.1) is 0 Å². The molecule has 2 amide bonds. The number of likely N-dealkylation sites (N-methyl/N-ethyl adjacent to an activating group) is 1. The van der Waals surface area contributed by atoms with Gasteiger partial charge in [0, 0.05) is 32.7 Å². The molecule has 0 aliphatic heterocycles. The van der Waals surface area contributed by atoms with Crippen LogP contribution in [-0.4, -0.2) is 101 Å². The van der Waals surface area contributed by atoms with Crippen molar-refractivity contribution >= 4 is 33.6 Å². The molecule has 2 aromatic carbocycles. The van der Waals surface area contributed by atoms with E-state index >= 15 is 0 Å². The van der Waals surface area contributed by atoms with E-state index in [0.29, 0.717) is 29.7 Å². The molecule has 0 unspecified atom stereocenters. The number of carbonyl (C=O) groups is 2. The predicted octanol–water partition coefficient (Wildman–Crippen LogP) is 4.66. The minimum absolute atomic E-state index is 0.00410. The van der Waals surface area contributed by atoms with Crippen molar-refractivity contribution in [3.8, 4) is 5.75 Å². The third kappa shape index (κ3) is 9.96. The summed E-state index contributed by atoms with van der Waals surface area (Å²) in [7, 11) is 0. The lowest BCUT2D eigenvalue weighted by molar-refractivity contribution is -0.138. The number of fused-ring (bicyclic) bond motifs is 1. The van der Waals surface area contributed by atoms with Crippen LogP contribution in [0.4, 0.5) is 18.0 Å². The highest BCUT2D eigenvalue weighted by molar-refractivity contribution is 7.16. The Labute approximate surface area is 257 Å². The van der Waals surface area contributed by atoms with Crippen molar-refractivity contribution in [2.45, 2.75) is 39.3 Å². The fraction of sp³-hybridized carbons (Fsp3) is 0.500. The summed E-state index contributed by atoms with van der Waals surface area (Å²) in [5, 5.41) is 19.9. The summed E-state index contributed by atoms with van der Waals surface area (Å²) < 4.78 is 45.8. The summed E-state index contributed by atoms with van der Waals surface area (Å²) in [5.74, 6) is -0.301. The normalized spacial score (nSPS) is 11.8. The standard InChI is InChI=1S/C30H39F3N4O6S/c1-3-35(4-2)15-16-36(25(39)13-20-43-19-12-21-7-5-6-8-23(21)30(31,32)33)17-18-37(29(41)42)14-11-22-9-10-24(38)26-27(22)44-28(40)34-26/h5-10,38H,3-4,11-20H2,1-2H3,(H,34,40)(H,41,42). The van der Waals surface area contributed by atoms with Crippen molar-refractivity contribution in [3.05, 3.63) is 62.8 Å². The van der Waals surface area contributed by atoms with Crippen LogP contribution in [0.3, 0.4) is 0 Å². The summed E-state index contributed by atoms with van der Waals surface area (Å²) in [6.45, 7) is 6.92. The van der Waals surface area contributed by atoms with Gasteiger partial charge in [0.1, 0.15) is 11.3 Å². The van der Waals surface area contributed by atoms with E-state index in [9.17, 15) is 37.8 Å². The first-order valence-electron chi connectivity index (χ1n) is 14.5. The first-order chi connectivity index (χ1) is 20.9. The number of rotatable bonds is 17. The summed E-state index contributed by atoms with van der Waals surface area (Å²) in [4.78, 5) is 44.2. The number of phenolic OH excluding ortho intramolecular Hbond substituents is 1. The second-order valence-electron chi connectivity index (χ2n) is 10.2. The SMILES string of the molecule is CCN(CC)CCN(CCN(CCc1ccc(O)c2[nH]c(=O)sc12)C(=O)O)C(=O)CCOCCc1ccccc1C(F)(F)F. The molecule has 0 aliphatic rings. The highest BCUT2D eigenvalue weighted by atomic mass is 32.1. The van der Waals surface area contributed by atoms with Gasteiger partial charge < -0.3 is 34.6 Å². The minimum Gasteiger partial charge on any atom is -0.506 e. The molecule has 0 fully saturated rings. The van der Waals surface area contributed by atoms with Crippen LogP contribution in [0.5, 0.6) is 5.75 Å². The lowest BCUT2D eigenvalue weighted by Gasteiger charge is -2.29. The summed E-state index contributed by atoms with van der Waals surface area (Å²) in [5.41, 5.74) is 0.458. The Morgan fingerprint density at radius 3 is 2.27 bits per heavy atom.